The normalized spacial score (nSPS) is 23.0. The molecule has 0 saturated heterocycles. The Bertz CT molecular complexity index is 421. The van der Waals surface area contributed by atoms with E-state index >= 15 is 0 Å². The molecule has 0 aromatic carbocycles. The molecule has 0 unspecified atom stereocenters. The first-order valence-corrected chi connectivity index (χ1v) is 8.43. The number of aliphatic hydroxyl groups is 1. The smallest absolute Gasteiger partial charge is 0.333 e. The number of rotatable bonds is 7. The van der Waals surface area contributed by atoms with Crippen LogP contribution in [0, 0.1) is 0 Å². The third kappa shape index (κ3) is 6.98. The van der Waals surface area contributed by atoms with Crippen LogP contribution in [0.3, 0.4) is 0 Å². The van der Waals surface area contributed by atoms with Crippen molar-refractivity contribution in [1.29, 1.82) is 0 Å². The van der Waals surface area contributed by atoms with Crippen LogP contribution in [-0.2, 0) is 19.1 Å². The predicted molar refractivity (Wildman–Crippen MR) is 92.3 cm³/mol. The Morgan fingerprint density at radius 3 is 2.38 bits per heavy atom. The second-order valence-electron chi connectivity index (χ2n) is 5.55. The first-order chi connectivity index (χ1) is 11.4. The van der Waals surface area contributed by atoms with Gasteiger partial charge in [-0.3, -0.25) is 4.79 Å². The highest BCUT2D eigenvalue weighted by molar-refractivity contribution is 5.89. The molecule has 1 amide bonds. The average Bonchev–Trinajstić information content (AvgIpc) is 2.56. The fraction of sp³-hybridized carbons (Fsp3) is 0.765. The Balaban J connectivity index is 0.00000254. The summed E-state index contributed by atoms with van der Waals surface area (Å²) in [5.41, 5.74) is 6.68. The fourth-order valence-electron chi connectivity index (χ4n) is 2.62. The van der Waals surface area contributed by atoms with Gasteiger partial charge < -0.3 is 25.6 Å². The molecule has 1 rings (SSSR count). The highest BCUT2D eigenvalue weighted by Gasteiger charge is 2.35. The van der Waals surface area contributed by atoms with Crippen LogP contribution >= 0.6 is 0 Å². The number of carbonyl (C=O) groups is 2. The van der Waals surface area contributed by atoms with E-state index in [1.54, 1.807) is 13.0 Å². The first-order valence-electron chi connectivity index (χ1n) is 8.43. The number of aliphatic hydroxyl groups excluding tert-OH is 1. The molecular weight excluding hydrogens is 312 g/mol. The predicted octanol–water partition coefficient (Wildman–Crippen LogP) is 0.894. The summed E-state index contributed by atoms with van der Waals surface area (Å²) in [6.45, 7) is 7.62. The second-order valence-corrected chi connectivity index (χ2v) is 5.55. The zero-order chi connectivity index (χ0) is 18.7. The number of hydrogen-bond acceptors (Lipinski definition) is 6. The minimum atomic E-state index is -0.419. The van der Waals surface area contributed by atoms with Crippen LogP contribution in [0.5, 0.6) is 0 Å². The topological polar surface area (TPSA) is 111 Å². The lowest BCUT2D eigenvalue weighted by Crippen LogP contribution is -2.57. The molecule has 4 N–H and O–H groups in total. The van der Waals surface area contributed by atoms with Crippen molar-refractivity contribution in [1.82, 2.24) is 5.32 Å². The van der Waals surface area contributed by atoms with Crippen molar-refractivity contribution in [2.75, 3.05) is 13.7 Å². The summed E-state index contributed by atoms with van der Waals surface area (Å²) in [7, 11) is 1.00. The van der Waals surface area contributed by atoms with Gasteiger partial charge in [-0.15, -0.1) is 0 Å². The second kappa shape index (κ2) is 12.0. The third-order valence-electron chi connectivity index (χ3n) is 3.80. The van der Waals surface area contributed by atoms with E-state index in [-0.39, 0.29) is 30.1 Å². The van der Waals surface area contributed by atoms with Crippen molar-refractivity contribution in [2.24, 2.45) is 5.73 Å². The van der Waals surface area contributed by atoms with Gasteiger partial charge in [0.15, 0.2) is 0 Å². The summed E-state index contributed by atoms with van der Waals surface area (Å²) >= 11 is 0. The van der Waals surface area contributed by atoms with Crippen molar-refractivity contribution in [3.63, 3.8) is 0 Å². The quantitative estimate of drug-likeness (QED) is 0.592. The Morgan fingerprint density at radius 2 is 1.92 bits per heavy atom. The lowest BCUT2D eigenvalue weighted by Gasteiger charge is -2.36. The number of nitrogens with one attached hydrogen (secondary N) is 1. The van der Waals surface area contributed by atoms with Crippen molar-refractivity contribution in [3.8, 4) is 0 Å². The fourth-order valence-corrected chi connectivity index (χ4v) is 2.62. The van der Waals surface area contributed by atoms with Crippen molar-refractivity contribution in [2.45, 2.75) is 71.2 Å². The minimum Gasteiger partial charge on any atom is -0.463 e. The van der Waals surface area contributed by atoms with Crippen LogP contribution in [0.1, 0.15) is 47.0 Å². The van der Waals surface area contributed by atoms with Crippen LogP contribution in [-0.4, -0.2) is 55.0 Å². The van der Waals surface area contributed by atoms with E-state index in [4.69, 9.17) is 20.3 Å². The van der Waals surface area contributed by atoms with Gasteiger partial charge in [0.25, 0.3) is 0 Å². The molecule has 0 aliphatic heterocycles. The monoisotopic (exact) mass is 344 g/mol. The molecule has 0 saturated carbocycles. The molecule has 140 valence electrons. The van der Waals surface area contributed by atoms with Gasteiger partial charge in [0.1, 0.15) is 0 Å². The first kappa shape index (κ1) is 22.6. The number of esters is 1. The molecule has 3 atom stereocenters. The summed E-state index contributed by atoms with van der Waals surface area (Å²) in [6.07, 6.45) is 3.48. The molecule has 0 radical (unpaired) electrons. The van der Waals surface area contributed by atoms with Crippen molar-refractivity contribution in [3.05, 3.63) is 11.6 Å². The minimum absolute atomic E-state index is 0.0613. The van der Waals surface area contributed by atoms with E-state index in [0.717, 1.165) is 20.0 Å². The summed E-state index contributed by atoms with van der Waals surface area (Å²) in [5, 5.41) is 9.84. The Hall–Kier alpha value is -1.44. The molecule has 0 aromatic rings. The zero-order valence-electron chi connectivity index (χ0n) is 15.4. The number of nitrogens with two attached hydrogens (primary N) is 1. The lowest BCUT2D eigenvalue weighted by atomic mass is 9.88. The summed E-state index contributed by atoms with van der Waals surface area (Å²) in [4.78, 5) is 23.4. The van der Waals surface area contributed by atoms with Crippen molar-refractivity contribution >= 4 is 11.9 Å². The maximum absolute atomic E-state index is 12.0. The highest BCUT2D eigenvalue weighted by atomic mass is 16.5. The van der Waals surface area contributed by atoms with E-state index in [2.05, 4.69) is 5.32 Å². The van der Waals surface area contributed by atoms with E-state index < -0.39 is 6.10 Å². The molecule has 0 fully saturated rings. The molecule has 0 bridgehead atoms. The molecule has 0 heterocycles. The molecular formula is C17H32N2O5. The van der Waals surface area contributed by atoms with E-state index in [0.29, 0.717) is 18.6 Å². The third-order valence-corrected chi connectivity index (χ3v) is 3.80. The summed E-state index contributed by atoms with van der Waals surface area (Å²) < 4.78 is 11.1. The van der Waals surface area contributed by atoms with Gasteiger partial charge in [0.2, 0.25) is 5.91 Å². The van der Waals surface area contributed by atoms with Gasteiger partial charge in [0, 0.05) is 25.6 Å². The van der Waals surface area contributed by atoms with Gasteiger partial charge in [-0.2, -0.15) is 0 Å². The molecule has 1 aliphatic carbocycles. The summed E-state index contributed by atoms with van der Waals surface area (Å²) in [6, 6.07) is -0.719. The van der Waals surface area contributed by atoms with Crippen LogP contribution < -0.4 is 11.1 Å². The largest absolute Gasteiger partial charge is 0.463 e. The number of ether oxygens (including phenoxy) is 2. The molecule has 0 aromatic heterocycles. The summed E-state index contributed by atoms with van der Waals surface area (Å²) in [5.74, 6) is -0.524. The van der Waals surface area contributed by atoms with Crippen LogP contribution in [0.2, 0.25) is 0 Å². The Kier molecular flexibility index (Phi) is 11.3. The average molecular weight is 344 g/mol. The molecule has 7 heteroatoms. The van der Waals surface area contributed by atoms with E-state index in [9.17, 15) is 9.59 Å². The highest BCUT2D eigenvalue weighted by Crippen LogP contribution is 2.24. The van der Waals surface area contributed by atoms with Crippen LogP contribution in [0.15, 0.2) is 11.6 Å². The SMILES string of the molecule is CCOC(=O)C1=C[C@@H](OC(CC)CC)[C@H](NC(C)=O)[C@@H](N)C1.CO. The number of hydrogen-bond donors (Lipinski definition) is 3. The lowest BCUT2D eigenvalue weighted by molar-refractivity contribution is -0.139. The molecule has 24 heavy (non-hydrogen) atoms. The molecule has 7 nitrogen and oxygen atoms in total. The van der Waals surface area contributed by atoms with Gasteiger partial charge in [0.05, 0.1) is 24.9 Å². The zero-order valence-corrected chi connectivity index (χ0v) is 15.4. The van der Waals surface area contributed by atoms with Crippen LogP contribution in [0.4, 0.5) is 0 Å². The standard InChI is InChI=1S/C16H28N2O4.CH4O/c1-5-12(6-2)22-14-9-11(16(20)21-7-3)8-13(17)15(14)18-10(4)19;1-2/h9,12-15H,5-8,17H2,1-4H3,(H,18,19);2H,1H3/t13-,14+,15+;/m0./s1. The number of amides is 1. The Labute approximate surface area is 144 Å². The molecule has 1 aliphatic rings. The van der Waals surface area contributed by atoms with Gasteiger partial charge in [-0.05, 0) is 32.3 Å². The van der Waals surface area contributed by atoms with Crippen molar-refractivity contribution < 1.29 is 24.2 Å². The van der Waals surface area contributed by atoms with E-state index in [1.165, 1.54) is 6.92 Å². The van der Waals surface area contributed by atoms with Gasteiger partial charge in [-0.25, -0.2) is 4.79 Å². The maximum Gasteiger partial charge on any atom is 0.333 e. The maximum atomic E-state index is 12.0. The van der Waals surface area contributed by atoms with Crippen LogP contribution in [0.25, 0.3) is 0 Å². The number of carbonyl (C=O) groups excluding carboxylic acids is 2. The Morgan fingerprint density at radius 1 is 1.33 bits per heavy atom. The van der Waals surface area contributed by atoms with Gasteiger partial charge >= 0.3 is 5.97 Å². The molecule has 0 spiro atoms. The van der Waals surface area contributed by atoms with Gasteiger partial charge in [-0.1, -0.05) is 13.8 Å². The van der Waals surface area contributed by atoms with E-state index in [1.807, 2.05) is 13.8 Å².